The van der Waals surface area contributed by atoms with Crippen molar-refractivity contribution in [2.75, 3.05) is 19.6 Å². The first kappa shape index (κ1) is 14.4. The summed E-state index contributed by atoms with van der Waals surface area (Å²) in [6.45, 7) is 2.00. The van der Waals surface area contributed by atoms with Crippen LogP contribution in [0.15, 0.2) is 12.4 Å². The van der Waals surface area contributed by atoms with Crippen LogP contribution in [0.5, 0.6) is 0 Å². The van der Waals surface area contributed by atoms with E-state index in [0.717, 1.165) is 18.4 Å². The minimum absolute atomic E-state index is 0.271. The molecule has 0 saturated carbocycles. The molecule has 0 spiro atoms. The van der Waals surface area contributed by atoms with E-state index in [-0.39, 0.29) is 6.54 Å². The van der Waals surface area contributed by atoms with Gasteiger partial charge in [0.15, 0.2) is 0 Å². The average Bonchev–Trinajstić information content (AvgIpc) is 2.82. The van der Waals surface area contributed by atoms with Gasteiger partial charge in [-0.2, -0.15) is 22.5 Å². The highest BCUT2D eigenvalue weighted by atomic mass is 32.2. The zero-order chi connectivity index (χ0) is 13.9. The summed E-state index contributed by atoms with van der Waals surface area (Å²) in [6, 6.07) is 0. The zero-order valence-electron chi connectivity index (χ0n) is 11.1. The normalized spacial score (nSPS) is 18.8. The molecule has 3 N–H and O–H groups in total. The number of aryl methyl sites for hydroxylation is 1. The molecule has 1 aliphatic rings. The van der Waals surface area contributed by atoms with Crippen molar-refractivity contribution in [3.63, 3.8) is 0 Å². The van der Waals surface area contributed by atoms with E-state index in [4.69, 9.17) is 5.73 Å². The molecule has 0 bridgehead atoms. The summed E-state index contributed by atoms with van der Waals surface area (Å²) >= 11 is 0. The van der Waals surface area contributed by atoms with Crippen LogP contribution in [0.2, 0.25) is 0 Å². The van der Waals surface area contributed by atoms with Gasteiger partial charge in [-0.05, 0) is 25.3 Å². The lowest BCUT2D eigenvalue weighted by atomic mass is 9.99. The Kier molecular flexibility index (Phi) is 4.56. The van der Waals surface area contributed by atoms with Crippen molar-refractivity contribution >= 4 is 10.2 Å². The summed E-state index contributed by atoms with van der Waals surface area (Å²) in [4.78, 5) is 0. The van der Waals surface area contributed by atoms with Gasteiger partial charge in [0.05, 0.1) is 6.20 Å². The van der Waals surface area contributed by atoms with Gasteiger partial charge >= 0.3 is 0 Å². The molecular formula is C11H21N5O2S. The summed E-state index contributed by atoms with van der Waals surface area (Å²) < 4.78 is 30.0. The van der Waals surface area contributed by atoms with Gasteiger partial charge in [-0.15, -0.1) is 0 Å². The lowest BCUT2D eigenvalue weighted by molar-refractivity contribution is 0.275. The third-order valence-electron chi connectivity index (χ3n) is 3.46. The van der Waals surface area contributed by atoms with Crippen molar-refractivity contribution in [2.24, 2.45) is 18.7 Å². The Balaban J connectivity index is 1.88. The standard InChI is InChI=1S/C11H21N5O2S/c1-15-9-11(7-13-15)8-14-19(17,18)16-4-2-10(6-12)3-5-16/h7,9-10,14H,2-6,8,12H2,1H3. The molecule has 0 unspecified atom stereocenters. The molecule has 1 fully saturated rings. The summed E-state index contributed by atoms with van der Waals surface area (Å²) in [5.74, 6) is 0.449. The van der Waals surface area contributed by atoms with E-state index in [2.05, 4.69) is 9.82 Å². The molecule has 1 aromatic heterocycles. The first-order chi connectivity index (χ1) is 9.01. The van der Waals surface area contributed by atoms with E-state index in [0.29, 0.717) is 25.6 Å². The van der Waals surface area contributed by atoms with Gasteiger partial charge in [-0.1, -0.05) is 0 Å². The van der Waals surface area contributed by atoms with E-state index in [1.54, 1.807) is 24.1 Å². The maximum Gasteiger partial charge on any atom is 0.279 e. The monoisotopic (exact) mass is 287 g/mol. The van der Waals surface area contributed by atoms with Crippen molar-refractivity contribution in [1.29, 1.82) is 0 Å². The number of hydrogen-bond donors (Lipinski definition) is 2. The molecule has 108 valence electrons. The SMILES string of the molecule is Cn1cc(CNS(=O)(=O)N2CCC(CN)CC2)cn1. The molecule has 0 aliphatic carbocycles. The van der Waals surface area contributed by atoms with Crippen molar-refractivity contribution < 1.29 is 8.42 Å². The first-order valence-electron chi connectivity index (χ1n) is 6.43. The Morgan fingerprint density at radius 1 is 1.47 bits per heavy atom. The van der Waals surface area contributed by atoms with Crippen molar-refractivity contribution in [1.82, 2.24) is 18.8 Å². The molecule has 0 aromatic carbocycles. The molecule has 1 aliphatic heterocycles. The quantitative estimate of drug-likeness (QED) is 0.758. The summed E-state index contributed by atoms with van der Waals surface area (Å²) in [5, 5.41) is 4.01. The van der Waals surface area contributed by atoms with Gasteiger partial charge in [0.1, 0.15) is 0 Å². The number of piperidine rings is 1. The second-order valence-corrected chi connectivity index (χ2v) is 6.68. The number of aromatic nitrogens is 2. The van der Waals surface area contributed by atoms with Gasteiger partial charge in [-0.25, -0.2) is 0 Å². The van der Waals surface area contributed by atoms with Crippen LogP contribution in [0, 0.1) is 5.92 Å². The Hall–Kier alpha value is -0.960. The smallest absolute Gasteiger partial charge is 0.279 e. The molecule has 8 heteroatoms. The van der Waals surface area contributed by atoms with Crippen LogP contribution >= 0.6 is 0 Å². The highest BCUT2D eigenvalue weighted by Crippen LogP contribution is 2.17. The highest BCUT2D eigenvalue weighted by Gasteiger charge is 2.27. The fraction of sp³-hybridized carbons (Fsp3) is 0.727. The Morgan fingerprint density at radius 3 is 2.68 bits per heavy atom. The molecular weight excluding hydrogens is 266 g/mol. The molecule has 2 heterocycles. The molecule has 0 atom stereocenters. The van der Waals surface area contributed by atoms with Crippen molar-refractivity contribution in [3.8, 4) is 0 Å². The molecule has 7 nitrogen and oxygen atoms in total. The van der Waals surface area contributed by atoms with E-state index in [1.165, 1.54) is 4.31 Å². The van der Waals surface area contributed by atoms with Gasteiger partial charge in [0.25, 0.3) is 10.2 Å². The minimum Gasteiger partial charge on any atom is -0.330 e. The molecule has 2 rings (SSSR count). The van der Waals surface area contributed by atoms with Gasteiger partial charge in [0.2, 0.25) is 0 Å². The molecule has 0 radical (unpaired) electrons. The molecule has 19 heavy (non-hydrogen) atoms. The minimum atomic E-state index is -3.40. The second-order valence-electron chi connectivity index (χ2n) is 4.93. The zero-order valence-corrected chi connectivity index (χ0v) is 11.9. The fourth-order valence-electron chi connectivity index (χ4n) is 2.21. The predicted octanol–water partition coefficient (Wildman–Crippen LogP) is -0.575. The molecule has 1 aromatic rings. The molecule has 1 saturated heterocycles. The third-order valence-corrected chi connectivity index (χ3v) is 5.02. The second kappa shape index (κ2) is 6.00. The van der Waals surface area contributed by atoms with Crippen molar-refractivity contribution in [3.05, 3.63) is 18.0 Å². The van der Waals surface area contributed by atoms with Gasteiger partial charge in [0, 0.05) is 38.4 Å². The van der Waals surface area contributed by atoms with E-state index in [9.17, 15) is 8.42 Å². The van der Waals surface area contributed by atoms with Crippen LogP contribution in [-0.4, -0.2) is 42.1 Å². The fourth-order valence-corrected chi connectivity index (χ4v) is 3.44. The van der Waals surface area contributed by atoms with Crippen LogP contribution in [-0.2, 0) is 23.8 Å². The summed E-state index contributed by atoms with van der Waals surface area (Å²) in [7, 11) is -1.60. The summed E-state index contributed by atoms with van der Waals surface area (Å²) in [6.07, 6.45) is 5.13. The lowest BCUT2D eigenvalue weighted by Gasteiger charge is -2.30. The van der Waals surface area contributed by atoms with Crippen LogP contribution in [0.4, 0.5) is 0 Å². The number of hydrogen-bond acceptors (Lipinski definition) is 4. The first-order valence-corrected chi connectivity index (χ1v) is 7.87. The van der Waals surface area contributed by atoms with Crippen LogP contribution in [0.25, 0.3) is 0 Å². The predicted molar refractivity (Wildman–Crippen MR) is 72.3 cm³/mol. The average molecular weight is 287 g/mol. The largest absolute Gasteiger partial charge is 0.330 e. The topological polar surface area (TPSA) is 93.2 Å². The van der Waals surface area contributed by atoms with Gasteiger partial charge in [-0.3, -0.25) is 4.68 Å². The van der Waals surface area contributed by atoms with Crippen LogP contribution < -0.4 is 10.5 Å². The highest BCUT2D eigenvalue weighted by molar-refractivity contribution is 7.87. The van der Waals surface area contributed by atoms with Gasteiger partial charge < -0.3 is 5.73 Å². The van der Waals surface area contributed by atoms with Crippen LogP contribution in [0.3, 0.4) is 0 Å². The van der Waals surface area contributed by atoms with Crippen LogP contribution in [0.1, 0.15) is 18.4 Å². The number of nitrogens with two attached hydrogens (primary N) is 1. The maximum absolute atomic E-state index is 12.1. The molecule has 0 amide bonds. The number of nitrogens with one attached hydrogen (secondary N) is 1. The maximum atomic E-state index is 12.1. The number of rotatable bonds is 5. The third kappa shape index (κ3) is 3.75. The van der Waals surface area contributed by atoms with E-state index in [1.807, 2.05) is 0 Å². The van der Waals surface area contributed by atoms with Crippen molar-refractivity contribution in [2.45, 2.75) is 19.4 Å². The Morgan fingerprint density at radius 2 is 2.16 bits per heavy atom. The Labute approximate surface area is 113 Å². The lowest BCUT2D eigenvalue weighted by Crippen LogP contribution is -2.45. The number of nitrogens with zero attached hydrogens (tertiary/aromatic N) is 3. The summed E-state index contributed by atoms with van der Waals surface area (Å²) in [5.41, 5.74) is 6.45. The van der Waals surface area contributed by atoms with E-state index < -0.39 is 10.2 Å². The Bertz CT molecular complexity index is 505. The van der Waals surface area contributed by atoms with E-state index >= 15 is 0 Å².